The van der Waals surface area contributed by atoms with Crippen LogP contribution in [0.15, 0.2) is 30.0 Å². The van der Waals surface area contributed by atoms with E-state index in [0.717, 1.165) is 6.20 Å². The number of nitrogens with one attached hydrogen (secondary N) is 1. The van der Waals surface area contributed by atoms with Gasteiger partial charge < -0.3 is 5.32 Å². The van der Waals surface area contributed by atoms with E-state index >= 15 is 0 Å². The Kier molecular flexibility index (Phi) is 4.25. The van der Waals surface area contributed by atoms with E-state index in [9.17, 15) is 4.39 Å². The van der Waals surface area contributed by atoms with Crippen LogP contribution in [0.4, 0.5) is 10.1 Å². The van der Waals surface area contributed by atoms with Crippen molar-refractivity contribution in [2.45, 2.75) is 6.42 Å². The van der Waals surface area contributed by atoms with E-state index in [-0.39, 0.29) is 17.7 Å². The number of benzene rings is 1. The van der Waals surface area contributed by atoms with E-state index in [1.165, 1.54) is 12.1 Å². The first kappa shape index (κ1) is 12.2. The topological polar surface area (TPSA) is 83.4 Å². The summed E-state index contributed by atoms with van der Waals surface area (Å²) < 4.78 is 13.5. The molecule has 0 unspecified atom stereocenters. The molecule has 1 aromatic carbocycles. The first-order valence-corrected chi connectivity index (χ1v) is 4.63. The largest absolute Gasteiger partial charge is 0.357 e. The minimum absolute atomic E-state index is 0.134. The van der Waals surface area contributed by atoms with Crippen LogP contribution in [-0.2, 0) is 6.42 Å². The van der Waals surface area contributed by atoms with Crippen LogP contribution in [0.1, 0.15) is 5.56 Å². The first-order valence-electron chi connectivity index (χ1n) is 4.63. The molecular weight excluding hydrogens is 219 g/mol. The smallest absolute Gasteiger partial charge is 0.146 e. The van der Waals surface area contributed by atoms with Gasteiger partial charge in [0.05, 0.1) is 18.2 Å². The molecule has 4 nitrogen and oxygen atoms in total. The molecule has 0 aliphatic rings. The zero-order valence-corrected chi connectivity index (χ0v) is 8.74. The molecule has 0 saturated carbocycles. The average Bonchev–Trinajstić information content (AvgIpc) is 2.33. The molecule has 1 rings (SSSR count). The number of hydrogen-bond donors (Lipinski definition) is 1. The molecule has 0 saturated heterocycles. The molecule has 5 heteroatoms. The highest BCUT2D eigenvalue weighted by molar-refractivity contribution is 5.51. The van der Waals surface area contributed by atoms with Crippen molar-refractivity contribution in [2.24, 2.45) is 0 Å². The van der Waals surface area contributed by atoms with Crippen LogP contribution in [0.2, 0.25) is 0 Å². The van der Waals surface area contributed by atoms with Crippen LogP contribution >= 0.6 is 0 Å². The lowest BCUT2D eigenvalue weighted by Gasteiger charge is -2.03. The number of nitrogens with zero attached hydrogens (tertiary/aromatic N) is 3. The van der Waals surface area contributed by atoms with E-state index in [1.54, 1.807) is 18.2 Å². The fourth-order valence-corrected chi connectivity index (χ4v) is 1.12. The van der Waals surface area contributed by atoms with Gasteiger partial charge in [-0.15, -0.1) is 0 Å². The highest BCUT2D eigenvalue weighted by Gasteiger charge is 2.02. The molecule has 0 aliphatic carbocycles. The van der Waals surface area contributed by atoms with E-state index in [0.29, 0.717) is 5.56 Å². The Balaban J connectivity index is 2.89. The Morgan fingerprint density at radius 1 is 1.29 bits per heavy atom. The van der Waals surface area contributed by atoms with E-state index in [2.05, 4.69) is 5.32 Å². The third-order valence-electron chi connectivity index (χ3n) is 1.93. The van der Waals surface area contributed by atoms with Crippen LogP contribution in [-0.4, -0.2) is 0 Å². The van der Waals surface area contributed by atoms with Crippen molar-refractivity contribution in [3.63, 3.8) is 0 Å². The fourth-order valence-electron chi connectivity index (χ4n) is 1.12. The summed E-state index contributed by atoms with van der Waals surface area (Å²) in [5.74, 6) is -0.538. The van der Waals surface area contributed by atoms with Crippen LogP contribution in [0, 0.1) is 39.8 Å². The summed E-state index contributed by atoms with van der Waals surface area (Å²) in [6.07, 6.45) is 1.26. The van der Waals surface area contributed by atoms with Gasteiger partial charge in [0.15, 0.2) is 0 Å². The highest BCUT2D eigenvalue weighted by atomic mass is 19.1. The third-order valence-corrected chi connectivity index (χ3v) is 1.93. The van der Waals surface area contributed by atoms with Gasteiger partial charge in [0, 0.05) is 6.20 Å². The minimum atomic E-state index is -0.538. The standard InChI is InChI=1S/C12H7FN4/c13-11-5-9(3-4-14)1-2-12(11)17-8-10(6-15)7-16/h1-2,5,8,17H,3H2. The predicted molar refractivity (Wildman–Crippen MR) is 58.6 cm³/mol. The Bertz CT molecular complexity index is 554. The third kappa shape index (κ3) is 3.34. The summed E-state index contributed by atoms with van der Waals surface area (Å²) in [5.41, 5.74) is 0.570. The summed E-state index contributed by atoms with van der Waals surface area (Å²) in [6, 6.07) is 9.49. The van der Waals surface area contributed by atoms with E-state index in [4.69, 9.17) is 15.8 Å². The van der Waals surface area contributed by atoms with Gasteiger partial charge in [0.25, 0.3) is 0 Å². The molecule has 1 N–H and O–H groups in total. The van der Waals surface area contributed by atoms with Gasteiger partial charge in [-0.3, -0.25) is 0 Å². The Morgan fingerprint density at radius 2 is 2.00 bits per heavy atom. The number of nitriles is 3. The Labute approximate surface area is 97.8 Å². The second-order valence-corrected chi connectivity index (χ2v) is 3.08. The maximum absolute atomic E-state index is 13.5. The van der Waals surface area contributed by atoms with Crippen molar-refractivity contribution >= 4 is 5.69 Å². The minimum Gasteiger partial charge on any atom is -0.357 e. The summed E-state index contributed by atoms with van der Waals surface area (Å²) in [4.78, 5) is 0. The molecule has 0 bridgehead atoms. The molecule has 0 amide bonds. The number of halogens is 1. The van der Waals surface area contributed by atoms with Crippen LogP contribution in [0.25, 0.3) is 0 Å². The summed E-state index contributed by atoms with van der Waals surface area (Å²) >= 11 is 0. The van der Waals surface area contributed by atoms with Gasteiger partial charge in [0.1, 0.15) is 23.5 Å². The van der Waals surface area contributed by atoms with E-state index in [1.807, 2.05) is 6.07 Å². The molecule has 0 aliphatic heterocycles. The maximum Gasteiger partial charge on any atom is 0.146 e. The van der Waals surface area contributed by atoms with Gasteiger partial charge in [-0.05, 0) is 17.7 Å². The van der Waals surface area contributed by atoms with Crippen molar-refractivity contribution in [1.29, 1.82) is 15.8 Å². The van der Waals surface area contributed by atoms with Crippen molar-refractivity contribution < 1.29 is 4.39 Å². The van der Waals surface area contributed by atoms with Crippen molar-refractivity contribution in [1.82, 2.24) is 0 Å². The van der Waals surface area contributed by atoms with Crippen molar-refractivity contribution in [3.8, 4) is 18.2 Å². The van der Waals surface area contributed by atoms with Gasteiger partial charge in [-0.2, -0.15) is 15.8 Å². The highest BCUT2D eigenvalue weighted by Crippen LogP contribution is 2.16. The molecule has 0 fully saturated rings. The number of rotatable bonds is 3. The Hall–Kier alpha value is -2.84. The normalized spacial score (nSPS) is 8.35. The maximum atomic E-state index is 13.5. The zero-order chi connectivity index (χ0) is 12.7. The lowest BCUT2D eigenvalue weighted by molar-refractivity contribution is 0.630. The molecular formula is C12H7FN4. The van der Waals surface area contributed by atoms with Gasteiger partial charge >= 0.3 is 0 Å². The van der Waals surface area contributed by atoms with Crippen LogP contribution < -0.4 is 5.32 Å². The van der Waals surface area contributed by atoms with Crippen molar-refractivity contribution in [2.75, 3.05) is 5.32 Å². The van der Waals surface area contributed by atoms with Gasteiger partial charge in [0.2, 0.25) is 0 Å². The molecule has 0 heterocycles. The van der Waals surface area contributed by atoms with E-state index < -0.39 is 5.82 Å². The molecule has 17 heavy (non-hydrogen) atoms. The van der Waals surface area contributed by atoms with Gasteiger partial charge in [-0.25, -0.2) is 4.39 Å². The SMILES string of the molecule is N#CCc1ccc(NC=C(C#N)C#N)c(F)c1. The quantitative estimate of drug-likeness (QED) is 0.801. The predicted octanol–water partition coefficient (Wildman–Crippen LogP) is 2.23. The number of hydrogen-bond acceptors (Lipinski definition) is 4. The van der Waals surface area contributed by atoms with Crippen LogP contribution in [0.3, 0.4) is 0 Å². The van der Waals surface area contributed by atoms with Crippen molar-refractivity contribution in [3.05, 3.63) is 41.4 Å². The average molecular weight is 226 g/mol. The molecule has 1 aromatic rings. The first-order chi connectivity index (χ1) is 8.21. The molecule has 82 valence electrons. The Morgan fingerprint density at radius 3 is 2.53 bits per heavy atom. The lowest BCUT2D eigenvalue weighted by atomic mass is 10.1. The van der Waals surface area contributed by atoms with Gasteiger partial charge in [-0.1, -0.05) is 6.07 Å². The summed E-state index contributed by atoms with van der Waals surface area (Å²) in [6.45, 7) is 0. The van der Waals surface area contributed by atoms with Crippen LogP contribution in [0.5, 0.6) is 0 Å². The molecule has 0 aromatic heterocycles. The summed E-state index contributed by atoms with van der Waals surface area (Å²) in [7, 11) is 0. The lowest BCUT2D eigenvalue weighted by Crippen LogP contribution is -1.95. The summed E-state index contributed by atoms with van der Waals surface area (Å²) in [5, 5.41) is 27.9. The second kappa shape index (κ2) is 5.90. The number of anilines is 1. The number of allylic oxidation sites excluding steroid dienone is 1. The molecule has 0 radical (unpaired) electrons. The second-order valence-electron chi connectivity index (χ2n) is 3.08. The molecule has 0 atom stereocenters. The fraction of sp³-hybridized carbons (Fsp3) is 0.0833. The monoisotopic (exact) mass is 226 g/mol. The zero-order valence-electron chi connectivity index (χ0n) is 8.74. The molecule has 0 spiro atoms.